The second-order valence-corrected chi connectivity index (χ2v) is 41.5. The van der Waals surface area contributed by atoms with Gasteiger partial charge in [-0.25, -0.2) is 61.5 Å². The van der Waals surface area contributed by atoms with Crippen molar-refractivity contribution in [1.29, 1.82) is 0 Å². The third-order valence-electron chi connectivity index (χ3n) is 26.3. The van der Waals surface area contributed by atoms with Gasteiger partial charge in [0.1, 0.15) is 83.3 Å². The Balaban J connectivity index is 0.000000160. The van der Waals surface area contributed by atoms with Gasteiger partial charge in [0, 0.05) is 54.6 Å². The van der Waals surface area contributed by atoms with E-state index in [4.69, 9.17) is 51.5 Å². The Bertz CT molecular complexity index is 6490. The van der Waals surface area contributed by atoms with Crippen molar-refractivity contribution in [3.05, 3.63) is 370 Å². The molecule has 0 radical (unpaired) electrons. The van der Waals surface area contributed by atoms with Crippen LogP contribution in [0.2, 0.25) is 17.2 Å². The third kappa shape index (κ3) is 24.5. The third-order valence-corrected chi connectivity index (χ3v) is 31.8. The number of rotatable bonds is 16. The van der Waals surface area contributed by atoms with E-state index in [2.05, 4.69) is 132 Å². The minimum Gasteiger partial charge on any atom is -0.311 e. The van der Waals surface area contributed by atoms with Crippen LogP contribution in [0.4, 0.5) is 61.5 Å². The normalized spacial score (nSPS) is 15.5. The molecule has 3 saturated carbocycles. The molecule has 4 fully saturated rings. The molecule has 1 aliphatic heterocycles. The van der Waals surface area contributed by atoms with Crippen molar-refractivity contribution in [3.63, 3.8) is 0 Å². The molecule has 0 bridgehead atoms. The number of nitrogens with zero attached hydrogens (tertiary/aromatic N) is 16. The van der Waals surface area contributed by atoms with Gasteiger partial charge in [0.2, 0.25) is 0 Å². The maximum atomic E-state index is 14.6. The van der Waals surface area contributed by atoms with Crippen LogP contribution in [-0.2, 0) is 101 Å². The molecule has 0 spiro atoms. The van der Waals surface area contributed by atoms with Crippen molar-refractivity contribution < 1.29 is 146 Å². The van der Waals surface area contributed by atoms with E-state index in [9.17, 15) is 61.5 Å². The molecular weight excluding hydrogens is 2700 g/mol. The van der Waals surface area contributed by atoms with Crippen molar-refractivity contribution in [1.82, 2.24) is 79.7 Å². The maximum Gasteiger partial charge on any atom is 2.00 e. The average molecular weight is 2780 g/mol. The predicted molar refractivity (Wildman–Crippen MR) is 501 cm³/mol. The second-order valence-electron chi connectivity index (χ2n) is 36.2. The summed E-state index contributed by atoms with van der Waals surface area (Å²) >= 11 is 8.96. The molecule has 16 aromatic rings. The van der Waals surface area contributed by atoms with E-state index in [-0.39, 0.29) is 156 Å². The zero-order valence-electron chi connectivity index (χ0n) is 76.7. The fraction of sp³-hybridized carbons (Fsp3) is 0.252. The van der Waals surface area contributed by atoms with Gasteiger partial charge in [-0.15, -0.1) is 72.3 Å². The average Bonchev–Trinajstić information content (AvgIpc) is 0.834. The molecular formula is C107H80BrClF14N16Pt4Si. The van der Waals surface area contributed by atoms with Crippen LogP contribution in [0.5, 0.6) is 0 Å². The van der Waals surface area contributed by atoms with Gasteiger partial charge < -0.3 is 49.8 Å². The van der Waals surface area contributed by atoms with E-state index in [0.717, 1.165) is 166 Å². The van der Waals surface area contributed by atoms with Crippen LogP contribution in [0.1, 0.15) is 165 Å². The Kier molecular flexibility index (Phi) is 36.3. The minimum atomic E-state index is -2.50. The van der Waals surface area contributed by atoms with E-state index >= 15 is 0 Å². The smallest absolute Gasteiger partial charge is 0.311 e. The molecule has 0 unspecified atom stereocenters. The van der Waals surface area contributed by atoms with Crippen LogP contribution in [-0.4, -0.2) is 87.8 Å². The van der Waals surface area contributed by atoms with Crippen molar-refractivity contribution >= 4 is 46.2 Å². The van der Waals surface area contributed by atoms with Gasteiger partial charge >= 0.3 is 84.3 Å². The summed E-state index contributed by atoms with van der Waals surface area (Å²) in [6.45, 7) is 8.85. The summed E-state index contributed by atoms with van der Waals surface area (Å²) in [4.78, 5) is 65.4. The van der Waals surface area contributed by atoms with Gasteiger partial charge in [-0.05, 0) is 181 Å². The van der Waals surface area contributed by atoms with E-state index in [1.54, 1.807) is 91.0 Å². The number of hydrogen-bond donors (Lipinski definition) is 0. The minimum absolute atomic E-state index is 0. The molecule has 144 heavy (non-hydrogen) atoms. The zero-order chi connectivity index (χ0) is 98.4. The number of pyridine rings is 16. The second kappa shape index (κ2) is 47.3. The van der Waals surface area contributed by atoms with Crippen LogP contribution in [0.15, 0.2) is 199 Å². The van der Waals surface area contributed by atoms with E-state index in [1.807, 2.05) is 60.7 Å². The van der Waals surface area contributed by atoms with Crippen LogP contribution < -0.4 is 10.6 Å². The van der Waals surface area contributed by atoms with Gasteiger partial charge in [-0.3, -0.25) is 29.9 Å². The van der Waals surface area contributed by atoms with Gasteiger partial charge in [0.25, 0.3) is 0 Å². The fourth-order valence-electron chi connectivity index (χ4n) is 18.7. The zero-order valence-corrected chi connectivity index (χ0v) is 89.1. The largest absolute Gasteiger partial charge is 2.00 e. The van der Waals surface area contributed by atoms with Gasteiger partial charge in [-0.2, -0.15) is 0 Å². The maximum absolute atomic E-state index is 14.6. The van der Waals surface area contributed by atoms with E-state index < -0.39 is 108 Å². The first-order valence-electron chi connectivity index (χ1n) is 45.0. The first kappa shape index (κ1) is 110. The summed E-state index contributed by atoms with van der Waals surface area (Å²) in [6, 6.07) is 74.6. The Morgan fingerprint density at radius 1 is 0.243 bits per heavy atom. The summed E-state index contributed by atoms with van der Waals surface area (Å²) in [5.41, 5.74) is 5.61. The van der Waals surface area contributed by atoms with Gasteiger partial charge in [0.05, 0.1) is 16.2 Å². The molecule has 4 aliphatic rings. The van der Waals surface area contributed by atoms with E-state index in [0.29, 0.717) is 68.7 Å². The summed E-state index contributed by atoms with van der Waals surface area (Å²) in [5.74, 6) is -13.0. The first-order valence-corrected chi connectivity index (χ1v) is 48.6. The van der Waals surface area contributed by atoms with Crippen molar-refractivity contribution in [2.45, 2.75) is 159 Å². The topological polar surface area (TPSA) is 206 Å². The van der Waals surface area contributed by atoms with Crippen LogP contribution >= 0.6 is 27.5 Å². The van der Waals surface area contributed by atoms with Crippen LogP contribution in [0, 0.1) is 143 Å². The van der Waals surface area contributed by atoms with Gasteiger partial charge in [0.15, 0.2) is 8.07 Å². The molecule has 16 nitrogen and oxygen atoms in total. The Hall–Kier alpha value is -10.8. The molecule has 0 N–H and O–H groups in total. The Morgan fingerprint density at radius 3 is 0.708 bits per heavy atom. The number of hydrogen-bond acceptors (Lipinski definition) is 16. The Labute approximate surface area is 893 Å². The quantitative estimate of drug-likeness (QED) is 0.0381. The SMILES string of the molecule is CC1(C)CCC(c2cccc(-c3[c-]cc(F)nc3F)n2)(c2cccc(-c3[c-]cc(Cl)nc3F)n2)CC1.CC1(C)CCC(c2cccc(-c3[c-]cc(F)nc3F)n2)(c2cccc(-c3[c-]cc(F)nc3F)n2)CC1.Fc1c[c-]c(-c2cccc(C3(c4cccc(-c5[c-]cc(Br)nc5F)n4)CCCCC3)n2)c(F)n1.Fc1c[c-]c(-c2cccc([Si]3(c4cccc(-c5[c-]cc(F)nc5F)n4)CCCCC3)n2)c(F)n1.[Pt+2].[Pt+2].[Pt+2].[Pt+2]. The van der Waals surface area contributed by atoms with Crippen LogP contribution in [0.25, 0.3) is 90.1 Å². The molecule has 16 aromatic heterocycles. The molecule has 37 heteroatoms. The molecule has 0 aromatic carbocycles. The van der Waals surface area contributed by atoms with E-state index in [1.165, 1.54) is 6.07 Å². The van der Waals surface area contributed by atoms with Gasteiger partial charge in [-0.1, -0.05) is 260 Å². The Morgan fingerprint density at radius 2 is 0.458 bits per heavy atom. The molecule has 1 saturated heterocycles. The predicted octanol–water partition coefficient (Wildman–Crippen LogP) is 24.9. The monoisotopic (exact) mass is 2780 g/mol. The summed E-state index contributed by atoms with van der Waals surface area (Å²) < 4.78 is 196. The number of halogens is 16. The summed E-state index contributed by atoms with van der Waals surface area (Å²) in [7, 11) is -2.50. The first-order chi connectivity index (χ1) is 67.3. The number of aromatic nitrogens is 16. The molecule has 744 valence electrons. The summed E-state index contributed by atoms with van der Waals surface area (Å²) in [6.07, 6.45) is 14.1. The standard InChI is InChI=1S/C28H22ClF3N4.C28H22F4N4.C26H18BrF3N4.C25H18F4N4Si.4Pt/c2*1-27(2)13-15-28(16-14-27,21-7-3-5-19(33-21)17-9-11-23(29)35-25(17)31)22-8-4-6-20(34-22)18-10-12-24(30)36-26(18)32;27-22-12-10-16(24(29)33-22)18-6-4-8-20(31-18)26(14-2-1-3-15-26)21-9-5-7-19(32-21)17-11-13-23(28)34-25(17)30;26-20-12-10-16(24(28)32-20)18-6-4-8-22(30-18)34(14-2-1-3-15-34)23-9-5-7-19(31-23)17-11-13-21(27)33-25(17)29;;;;/h2*3-8,11-12H,13-16H2,1-2H3;2*4-9,12-13H,1-3,14-15H2;;;;/q4*-2;4*+2. The van der Waals surface area contributed by atoms with Crippen LogP contribution in [0.3, 0.4) is 0 Å². The fourth-order valence-corrected chi connectivity index (χ4v) is 23.9. The molecule has 17 heterocycles. The molecule has 20 rings (SSSR count). The summed E-state index contributed by atoms with van der Waals surface area (Å²) in [5, 5.41) is 1.64. The van der Waals surface area contributed by atoms with Crippen molar-refractivity contribution in [2.24, 2.45) is 10.8 Å². The van der Waals surface area contributed by atoms with Crippen molar-refractivity contribution in [2.75, 3.05) is 0 Å². The van der Waals surface area contributed by atoms with Crippen molar-refractivity contribution in [3.8, 4) is 90.1 Å². The molecule has 3 aliphatic carbocycles. The molecule has 0 atom stereocenters. The molecule has 0 amide bonds.